The average Bonchev–Trinajstić information content (AvgIpc) is 3.16. The number of aromatic nitrogens is 3. The normalized spacial score (nSPS) is 17.1. The van der Waals surface area contributed by atoms with E-state index in [2.05, 4.69) is 51.7 Å². The Morgan fingerprint density at radius 2 is 1.92 bits per heavy atom. The molecule has 2 aromatic rings. The molecule has 1 saturated heterocycles. The van der Waals surface area contributed by atoms with Crippen molar-refractivity contribution < 1.29 is 4.74 Å². The standard InChI is InChI=1S/C20H28N4OS/c1-15-6-9-18(14-16(15)2)25-12-5-13-26-20-22-21-19(23-10-3-4-11-23)24(20)17-7-8-17/h6,9,14,17H,3-5,7-8,10-13H2,1-2H3. The van der Waals surface area contributed by atoms with Crippen molar-refractivity contribution in [3.63, 3.8) is 0 Å². The maximum atomic E-state index is 5.89. The maximum absolute atomic E-state index is 5.89. The minimum atomic E-state index is 0.620. The summed E-state index contributed by atoms with van der Waals surface area (Å²) in [6.07, 6.45) is 6.09. The summed E-state index contributed by atoms with van der Waals surface area (Å²) in [6.45, 7) is 7.24. The van der Waals surface area contributed by atoms with Crippen LogP contribution in [0, 0.1) is 13.8 Å². The molecule has 0 unspecified atom stereocenters. The first-order chi connectivity index (χ1) is 12.7. The predicted octanol–water partition coefficient (Wildman–Crippen LogP) is 4.39. The van der Waals surface area contributed by atoms with Crippen molar-refractivity contribution >= 4 is 17.7 Å². The summed E-state index contributed by atoms with van der Waals surface area (Å²) in [7, 11) is 0. The van der Waals surface area contributed by atoms with Crippen LogP contribution in [0.4, 0.5) is 5.95 Å². The first-order valence-electron chi connectivity index (χ1n) is 9.75. The zero-order chi connectivity index (χ0) is 17.9. The molecule has 1 saturated carbocycles. The van der Waals surface area contributed by atoms with Crippen molar-refractivity contribution in [3.8, 4) is 5.75 Å². The fourth-order valence-electron chi connectivity index (χ4n) is 3.37. The van der Waals surface area contributed by atoms with Crippen LogP contribution in [-0.4, -0.2) is 40.2 Å². The van der Waals surface area contributed by atoms with Crippen molar-refractivity contribution in [2.24, 2.45) is 0 Å². The minimum absolute atomic E-state index is 0.620. The molecule has 2 aliphatic rings. The smallest absolute Gasteiger partial charge is 0.228 e. The molecule has 26 heavy (non-hydrogen) atoms. The van der Waals surface area contributed by atoms with E-state index in [-0.39, 0.29) is 0 Å². The van der Waals surface area contributed by atoms with Gasteiger partial charge in [-0.2, -0.15) is 0 Å². The lowest BCUT2D eigenvalue weighted by molar-refractivity contribution is 0.318. The number of nitrogens with zero attached hydrogens (tertiary/aromatic N) is 4. The van der Waals surface area contributed by atoms with Gasteiger partial charge < -0.3 is 9.64 Å². The zero-order valence-electron chi connectivity index (χ0n) is 15.8. The highest BCUT2D eigenvalue weighted by atomic mass is 32.2. The third-order valence-electron chi connectivity index (χ3n) is 5.21. The monoisotopic (exact) mass is 372 g/mol. The van der Waals surface area contributed by atoms with E-state index in [0.717, 1.165) is 48.7 Å². The van der Waals surface area contributed by atoms with Gasteiger partial charge in [0.2, 0.25) is 5.95 Å². The van der Waals surface area contributed by atoms with E-state index < -0.39 is 0 Å². The van der Waals surface area contributed by atoms with Crippen LogP contribution in [0.3, 0.4) is 0 Å². The number of hydrogen-bond donors (Lipinski definition) is 0. The number of rotatable bonds is 8. The van der Waals surface area contributed by atoms with Gasteiger partial charge in [-0.1, -0.05) is 17.8 Å². The Kier molecular flexibility index (Phi) is 5.38. The topological polar surface area (TPSA) is 43.2 Å². The summed E-state index contributed by atoms with van der Waals surface area (Å²) in [5.74, 6) is 3.07. The molecule has 1 aromatic heterocycles. The van der Waals surface area contributed by atoms with Crippen LogP contribution in [-0.2, 0) is 0 Å². The van der Waals surface area contributed by atoms with E-state index >= 15 is 0 Å². The third kappa shape index (κ3) is 4.00. The van der Waals surface area contributed by atoms with Gasteiger partial charge in [0.05, 0.1) is 6.61 Å². The molecule has 4 rings (SSSR count). The summed E-state index contributed by atoms with van der Waals surface area (Å²) in [5, 5.41) is 10.1. The van der Waals surface area contributed by atoms with Crippen molar-refractivity contribution in [1.29, 1.82) is 0 Å². The first kappa shape index (κ1) is 17.7. The van der Waals surface area contributed by atoms with Gasteiger partial charge >= 0.3 is 0 Å². The Morgan fingerprint density at radius 3 is 2.65 bits per heavy atom. The number of ether oxygens (including phenoxy) is 1. The Labute approximate surface area is 160 Å². The molecule has 0 bridgehead atoms. The van der Waals surface area contributed by atoms with Crippen molar-refractivity contribution in [2.75, 3.05) is 30.3 Å². The Bertz CT molecular complexity index is 750. The largest absolute Gasteiger partial charge is 0.494 e. The van der Waals surface area contributed by atoms with Gasteiger partial charge in [-0.3, -0.25) is 4.57 Å². The van der Waals surface area contributed by atoms with Crippen molar-refractivity contribution in [2.45, 2.75) is 57.1 Å². The lowest BCUT2D eigenvalue weighted by atomic mass is 10.1. The summed E-state index contributed by atoms with van der Waals surface area (Å²) in [5.41, 5.74) is 2.59. The van der Waals surface area contributed by atoms with Crippen molar-refractivity contribution in [1.82, 2.24) is 14.8 Å². The second kappa shape index (κ2) is 7.91. The maximum Gasteiger partial charge on any atom is 0.228 e. The molecule has 1 aliphatic carbocycles. The zero-order valence-corrected chi connectivity index (χ0v) is 16.6. The van der Waals surface area contributed by atoms with Gasteiger partial charge in [-0.15, -0.1) is 10.2 Å². The highest BCUT2D eigenvalue weighted by Crippen LogP contribution is 2.41. The molecular formula is C20H28N4OS. The molecule has 0 atom stereocenters. The second-order valence-electron chi connectivity index (χ2n) is 7.37. The summed E-state index contributed by atoms with van der Waals surface area (Å²) >= 11 is 1.82. The van der Waals surface area contributed by atoms with Crippen molar-refractivity contribution in [3.05, 3.63) is 29.3 Å². The quantitative estimate of drug-likeness (QED) is 0.508. The van der Waals surface area contributed by atoms with Crippen LogP contribution < -0.4 is 9.64 Å². The highest BCUT2D eigenvalue weighted by Gasteiger charge is 2.32. The molecule has 0 amide bonds. The van der Waals surface area contributed by atoms with Crippen LogP contribution in [0.2, 0.25) is 0 Å². The van der Waals surface area contributed by atoms with E-state index in [1.807, 2.05) is 11.8 Å². The Morgan fingerprint density at radius 1 is 1.12 bits per heavy atom. The SMILES string of the molecule is Cc1ccc(OCCCSc2nnc(N3CCCC3)n2C2CC2)cc1C. The van der Waals surface area contributed by atoms with E-state index in [1.165, 1.54) is 36.8 Å². The van der Waals surface area contributed by atoms with Crippen LogP contribution in [0.25, 0.3) is 0 Å². The molecule has 140 valence electrons. The molecule has 2 fully saturated rings. The molecule has 0 spiro atoms. The predicted molar refractivity (Wildman–Crippen MR) is 106 cm³/mol. The summed E-state index contributed by atoms with van der Waals surface area (Å²) in [4.78, 5) is 2.40. The number of hydrogen-bond acceptors (Lipinski definition) is 5. The lowest BCUT2D eigenvalue weighted by Gasteiger charge is -2.17. The molecule has 2 heterocycles. The molecule has 0 radical (unpaired) electrons. The van der Waals surface area contributed by atoms with E-state index in [9.17, 15) is 0 Å². The molecule has 5 nitrogen and oxygen atoms in total. The highest BCUT2D eigenvalue weighted by molar-refractivity contribution is 7.99. The number of aryl methyl sites for hydroxylation is 2. The molecular weight excluding hydrogens is 344 g/mol. The molecule has 1 aromatic carbocycles. The molecule has 6 heteroatoms. The minimum Gasteiger partial charge on any atom is -0.494 e. The van der Waals surface area contributed by atoms with Gasteiger partial charge in [-0.05, 0) is 69.2 Å². The Hall–Kier alpha value is -1.69. The molecule has 0 N–H and O–H groups in total. The fourth-order valence-corrected chi connectivity index (χ4v) is 4.28. The molecule has 1 aliphatic heterocycles. The van der Waals surface area contributed by atoms with E-state index in [4.69, 9.17) is 4.74 Å². The van der Waals surface area contributed by atoms with Gasteiger partial charge in [-0.25, -0.2) is 0 Å². The second-order valence-corrected chi connectivity index (χ2v) is 8.44. The van der Waals surface area contributed by atoms with E-state index in [0.29, 0.717) is 6.04 Å². The summed E-state index contributed by atoms with van der Waals surface area (Å²) < 4.78 is 8.28. The van der Waals surface area contributed by atoms with Crippen LogP contribution in [0.1, 0.15) is 49.3 Å². The number of benzene rings is 1. The van der Waals surface area contributed by atoms with Crippen LogP contribution in [0.5, 0.6) is 5.75 Å². The van der Waals surface area contributed by atoms with Crippen LogP contribution in [0.15, 0.2) is 23.4 Å². The lowest BCUT2D eigenvalue weighted by Crippen LogP contribution is -2.22. The van der Waals surface area contributed by atoms with Gasteiger partial charge in [0.15, 0.2) is 5.16 Å². The van der Waals surface area contributed by atoms with E-state index in [1.54, 1.807) is 0 Å². The third-order valence-corrected chi connectivity index (χ3v) is 6.24. The van der Waals surface area contributed by atoms with Gasteiger partial charge in [0, 0.05) is 24.9 Å². The van der Waals surface area contributed by atoms with Crippen LogP contribution >= 0.6 is 11.8 Å². The first-order valence-corrected chi connectivity index (χ1v) is 10.7. The number of anilines is 1. The van der Waals surface area contributed by atoms with Gasteiger partial charge in [0.25, 0.3) is 0 Å². The Balaban J connectivity index is 1.28. The average molecular weight is 373 g/mol. The summed E-state index contributed by atoms with van der Waals surface area (Å²) in [6, 6.07) is 6.92. The fraction of sp³-hybridized carbons (Fsp3) is 0.600. The van der Waals surface area contributed by atoms with Gasteiger partial charge in [0.1, 0.15) is 5.75 Å². The number of thioether (sulfide) groups is 1.